The summed E-state index contributed by atoms with van der Waals surface area (Å²) < 4.78 is 0.649. The first-order valence-electron chi connectivity index (χ1n) is 2.73. The van der Waals surface area contributed by atoms with Crippen molar-refractivity contribution in [3.05, 3.63) is 0 Å². The summed E-state index contributed by atoms with van der Waals surface area (Å²) in [6, 6.07) is 0. The number of hydrogen-bond acceptors (Lipinski definition) is 2. The van der Waals surface area contributed by atoms with Crippen molar-refractivity contribution < 1.29 is 5.11 Å². The molecule has 1 aliphatic heterocycles. The second-order valence-electron chi connectivity index (χ2n) is 1.96. The molecule has 1 N–H and O–H groups in total. The van der Waals surface area contributed by atoms with Gasteiger partial charge >= 0.3 is 0 Å². The second-order valence-corrected chi connectivity index (χ2v) is 5.62. The first kappa shape index (κ1) is 7.15. The van der Waals surface area contributed by atoms with E-state index >= 15 is 0 Å². The lowest BCUT2D eigenvalue weighted by Gasteiger charge is -2.20. The van der Waals surface area contributed by atoms with Crippen LogP contribution >= 0.6 is 34.4 Å². The van der Waals surface area contributed by atoms with Crippen molar-refractivity contribution in [1.29, 1.82) is 0 Å². The fourth-order valence-corrected chi connectivity index (χ4v) is 3.10. The van der Waals surface area contributed by atoms with E-state index in [9.17, 15) is 0 Å². The van der Waals surface area contributed by atoms with Crippen LogP contribution in [0.25, 0.3) is 0 Å². The van der Waals surface area contributed by atoms with Crippen LogP contribution in [-0.2, 0) is 0 Å². The maximum atomic E-state index is 9.06. The summed E-state index contributed by atoms with van der Waals surface area (Å²) in [5.41, 5.74) is 0. The van der Waals surface area contributed by atoms with E-state index in [1.807, 2.05) is 11.8 Å². The van der Waals surface area contributed by atoms with Crippen molar-refractivity contribution in [2.45, 2.75) is 22.2 Å². The highest BCUT2D eigenvalue weighted by Gasteiger charge is 2.16. The number of rotatable bonds is 0. The maximum Gasteiger partial charge on any atom is 0.0589 e. The summed E-state index contributed by atoms with van der Waals surface area (Å²) in [4.78, 5) is 0. The summed E-state index contributed by atoms with van der Waals surface area (Å²) in [6.45, 7) is 0. The molecule has 1 aliphatic rings. The molecule has 1 rings (SSSR count). The molecule has 8 heavy (non-hydrogen) atoms. The summed E-state index contributed by atoms with van der Waals surface area (Å²) in [5.74, 6) is 1.13. The Kier molecular flexibility index (Phi) is 2.92. The van der Waals surface area contributed by atoms with Crippen LogP contribution in [0.3, 0.4) is 0 Å². The summed E-state index contributed by atoms with van der Waals surface area (Å²) in [6.07, 6.45) is 1.95. The van der Waals surface area contributed by atoms with E-state index in [2.05, 4.69) is 22.6 Å². The molecule has 1 nitrogen and oxygen atoms in total. The Hall–Kier alpha value is 1.04. The molecule has 48 valence electrons. The SMILES string of the molecule is OC1CCSC(I)C1. The van der Waals surface area contributed by atoms with Gasteiger partial charge in [-0.3, -0.25) is 0 Å². The van der Waals surface area contributed by atoms with Gasteiger partial charge in [0.2, 0.25) is 0 Å². The fourth-order valence-electron chi connectivity index (χ4n) is 0.732. The van der Waals surface area contributed by atoms with Crippen molar-refractivity contribution in [3.8, 4) is 0 Å². The molecule has 2 atom stereocenters. The monoisotopic (exact) mass is 244 g/mol. The minimum Gasteiger partial charge on any atom is -0.393 e. The van der Waals surface area contributed by atoms with Gasteiger partial charge in [-0.15, -0.1) is 11.8 Å². The van der Waals surface area contributed by atoms with Crippen LogP contribution in [0.4, 0.5) is 0 Å². The minimum atomic E-state index is -0.0156. The van der Waals surface area contributed by atoms with Crippen LogP contribution in [-0.4, -0.2) is 20.2 Å². The molecule has 1 saturated heterocycles. The zero-order chi connectivity index (χ0) is 5.98. The van der Waals surface area contributed by atoms with E-state index in [0.717, 1.165) is 18.6 Å². The normalized spacial score (nSPS) is 39.8. The van der Waals surface area contributed by atoms with Crippen molar-refractivity contribution in [2.24, 2.45) is 0 Å². The van der Waals surface area contributed by atoms with Crippen molar-refractivity contribution in [3.63, 3.8) is 0 Å². The molecule has 0 aromatic rings. The molecule has 0 saturated carbocycles. The Labute approximate surface area is 67.4 Å². The van der Waals surface area contributed by atoms with Gasteiger partial charge in [0, 0.05) is 0 Å². The van der Waals surface area contributed by atoms with E-state index in [0.29, 0.717) is 3.26 Å². The molecule has 0 aliphatic carbocycles. The Morgan fingerprint density at radius 2 is 2.38 bits per heavy atom. The molecule has 0 aromatic carbocycles. The van der Waals surface area contributed by atoms with Crippen molar-refractivity contribution >= 4 is 34.4 Å². The first-order chi connectivity index (χ1) is 3.79. The van der Waals surface area contributed by atoms with Crippen LogP contribution in [0.5, 0.6) is 0 Å². The van der Waals surface area contributed by atoms with Gasteiger partial charge in [-0.25, -0.2) is 0 Å². The smallest absolute Gasteiger partial charge is 0.0589 e. The standard InChI is InChI=1S/C5H9IOS/c6-5-3-4(7)1-2-8-5/h4-5,7H,1-3H2. The highest BCUT2D eigenvalue weighted by atomic mass is 127. The molecular weight excluding hydrogens is 235 g/mol. The Morgan fingerprint density at radius 1 is 1.62 bits per heavy atom. The second kappa shape index (κ2) is 3.27. The topological polar surface area (TPSA) is 20.2 Å². The van der Waals surface area contributed by atoms with Gasteiger partial charge in [0.15, 0.2) is 0 Å². The molecular formula is C5H9IOS. The Balaban J connectivity index is 2.23. The van der Waals surface area contributed by atoms with Crippen molar-refractivity contribution in [1.82, 2.24) is 0 Å². The number of aliphatic hydroxyl groups is 1. The van der Waals surface area contributed by atoms with E-state index in [4.69, 9.17) is 5.11 Å². The highest BCUT2D eigenvalue weighted by Crippen LogP contribution is 2.29. The van der Waals surface area contributed by atoms with Crippen LogP contribution in [0.1, 0.15) is 12.8 Å². The summed E-state index contributed by atoms with van der Waals surface area (Å²) in [5, 5.41) is 9.06. The third-order valence-corrected chi connectivity index (χ3v) is 3.82. The van der Waals surface area contributed by atoms with Gasteiger partial charge in [-0.2, -0.15) is 0 Å². The number of halogens is 1. The average Bonchev–Trinajstić information content (AvgIpc) is 1.64. The fraction of sp³-hybridized carbons (Fsp3) is 1.00. The van der Waals surface area contributed by atoms with E-state index in [-0.39, 0.29) is 6.10 Å². The molecule has 1 heterocycles. The van der Waals surface area contributed by atoms with Crippen LogP contribution < -0.4 is 0 Å². The van der Waals surface area contributed by atoms with Gasteiger partial charge in [0.05, 0.1) is 9.36 Å². The molecule has 0 amide bonds. The lowest BCUT2D eigenvalue weighted by molar-refractivity contribution is 0.164. The van der Waals surface area contributed by atoms with E-state index < -0.39 is 0 Å². The van der Waals surface area contributed by atoms with Gasteiger partial charge < -0.3 is 5.11 Å². The molecule has 0 bridgehead atoms. The van der Waals surface area contributed by atoms with Crippen molar-refractivity contribution in [2.75, 3.05) is 5.75 Å². The molecule has 0 radical (unpaired) electrons. The zero-order valence-electron chi connectivity index (χ0n) is 4.51. The Morgan fingerprint density at radius 3 is 2.75 bits per heavy atom. The quantitative estimate of drug-likeness (QED) is 0.516. The number of alkyl halides is 1. The van der Waals surface area contributed by atoms with Crippen LogP contribution in [0, 0.1) is 0 Å². The molecule has 0 spiro atoms. The third-order valence-electron chi connectivity index (χ3n) is 1.21. The predicted octanol–water partition coefficient (Wildman–Crippen LogP) is 1.64. The minimum absolute atomic E-state index is 0.0156. The van der Waals surface area contributed by atoms with Gasteiger partial charge in [0.25, 0.3) is 0 Å². The molecule has 3 heteroatoms. The van der Waals surface area contributed by atoms with Crippen LogP contribution in [0.2, 0.25) is 0 Å². The zero-order valence-corrected chi connectivity index (χ0v) is 7.48. The van der Waals surface area contributed by atoms with E-state index in [1.54, 1.807) is 0 Å². The molecule has 1 fully saturated rings. The predicted molar refractivity (Wildman–Crippen MR) is 45.5 cm³/mol. The lowest BCUT2D eigenvalue weighted by Crippen LogP contribution is -2.17. The third kappa shape index (κ3) is 2.11. The number of hydrogen-bond donors (Lipinski definition) is 1. The largest absolute Gasteiger partial charge is 0.393 e. The van der Waals surface area contributed by atoms with Crippen LogP contribution in [0.15, 0.2) is 0 Å². The maximum absolute atomic E-state index is 9.06. The molecule has 0 aromatic heterocycles. The highest BCUT2D eigenvalue weighted by molar-refractivity contribution is 14.1. The Bertz CT molecular complexity index is 70.8. The first-order valence-corrected chi connectivity index (χ1v) is 5.02. The molecule has 2 unspecified atom stereocenters. The average molecular weight is 244 g/mol. The lowest BCUT2D eigenvalue weighted by atomic mass is 10.2. The number of thioether (sulfide) groups is 1. The summed E-state index contributed by atoms with van der Waals surface area (Å²) in [7, 11) is 0. The van der Waals surface area contributed by atoms with Gasteiger partial charge in [-0.1, -0.05) is 22.6 Å². The van der Waals surface area contributed by atoms with E-state index in [1.165, 1.54) is 0 Å². The van der Waals surface area contributed by atoms with Gasteiger partial charge in [0.1, 0.15) is 0 Å². The number of aliphatic hydroxyl groups excluding tert-OH is 1. The van der Waals surface area contributed by atoms with Gasteiger partial charge in [-0.05, 0) is 18.6 Å². The summed E-state index contributed by atoms with van der Waals surface area (Å²) >= 11 is 4.32.